The Labute approximate surface area is 129 Å². The topological polar surface area (TPSA) is 53.4 Å². The number of amides is 1. The molecule has 0 aliphatic rings. The Balaban J connectivity index is 2.33. The Morgan fingerprint density at radius 2 is 2.14 bits per heavy atom. The molecule has 1 aromatic carbocycles. The van der Waals surface area contributed by atoms with Crippen molar-refractivity contribution in [3.05, 3.63) is 41.0 Å². The predicted molar refractivity (Wildman–Crippen MR) is 75.8 cm³/mol. The molecule has 0 saturated heterocycles. The zero-order valence-electron chi connectivity index (χ0n) is 11.4. The van der Waals surface area contributed by atoms with Gasteiger partial charge >= 0.3 is 6.18 Å². The van der Waals surface area contributed by atoms with Crippen molar-refractivity contribution in [3.8, 4) is 0 Å². The number of nitrogens with zero attached hydrogens (tertiary/aromatic N) is 2. The molecule has 118 valence electrons. The maximum Gasteiger partial charge on any atom is 0.416 e. The number of fused-ring (bicyclic) bond motifs is 1. The molecule has 0 bridgehead atoms. The monoisotopic (exact) mass is 332 g/mol. The molecule has 1 atom stereocenters. The average Bonchev–Trinajstić information content (AvgIpc) is 2.44. The summed E-state index contributed by atoms with van der Waals surface area (Å²) < 4.78 is 37.1. The zero-order valence-corrected chi connectivity index (χ0v) is 12.2. The van der Waals surface area contributed by atoms with Crippen molar-refractivity contribution < 1.29 is 23.1 Å². The van der Waals surface area contributed by atoms with Crippen LogP contribution < -0.4 is 0 Å². The van der Waals surface area contributed by atoms with E-state index in [0.717, 1.165) is 4.90 Å². The van der Waals surface area contributed by atoms with Crippen LogP contribution in [-0.2, 0) is 0 Å². The molecule has 1 N–H and O–H groups in total. The van der Waals surface area contributed by atoms with E-state index in [4.69, 9.17) is 16.7 Å². The molecule has 4 nitrogen and oxygen atoms in total. The number of benzene rings is 1. The number of carbonyl (C=O) groups excluding carboxylic acids is 1. The Kier molecular flexibility index (Phi) is 4.58. The van der Waals surface area contributed by atoms with Gasteiger partial charge in [-0.3, -0.25) is 9.78 Å². The number of aliphatic hydroxyl groups excluding tert-OH is 1. The maximum absolute atomic E-state index is 12.4. The van der Waals surface area contributed by atoms with Crippen molar-refractivity contribution in [1.29, 1.82) is 0 Å². The summed E-state index contributed by atoms with van der Waals surface area (Å²) in [4.78, 5) is 17.2. The fourth-order valence-electron chi connectivity index (χ4n) is 1.97. The highest BCUT2D eigenvalue weighted by Gasteiger charge is 2.39. The third kappa shape index (κ3) is 3.48. The molecular weight excluding hydrogens is 321 g/mol. The number of hydrogen-bond donors (Lipinski definition) is 1. The van der Waals surface area contributed by atoms with Gasteiger partial charge in [-0.1, -0.05) is 17.7 Å². The van der Waals surface area contributed by atoms with Crippen LogP contribution in [0.2, 0.25) is 5.02 Å². The number of likely N-dealkylation sites (N-methyl/N-ethyl adjacent to an activating group) is 1. The fourth-order valence-corrected chi connectivity index (χ4v) is 2.20. The molecule has 0 spiro atoms. The second-order valence-corrected chi connectivity index (χ2v) is 5.21. The summed E-state index contributed by atoms with van der Waals surface area (Å²) in [6.07, 6.45) is -5.93. The number of aliphatic hydroxyl groups is 1. The largest absolute Gasteiger partial charge is 0.416 e. The van der Waals surface area contributed by atoms with Gasteiger partial charge in [0.05, 0.1) is 17.6 Å². The molecule has 2 rings (SSSR count). The normalized spacial score (nSPS) is 13.2. The van der Waals surface area contributed by atoms with Crippen LogP contribution in [0.4, 0.5) is 13.2 Å². The molecule has 8 heteroatoms. The number of aromatic nitrogens is 1. The van der Waals surface area contributed by atoms with E-state index in [1.165, 1.54) is 19.3 Å². The lowest BCUT2D eigenvalue weighted by molar-refractivity contribution is -0.205. The Bertz CT molecular complexity index is 706. The summed E-state index contributed by atoms with van der Waals surface area (Å²) in [6.45, 7) is -0.872. The van der Waals surface area contributed by atoms with E-state index in [-0.39, 0.29) is 10.6 Å². The molecule has 0 aliphatic heterocycles. The summed E-state index contributed by atoms with van der Waals surface area (Å²) in [5, 5.41) is 9.93. The molecule has 0 saturated carbocycles. The van der Waals surface area contributed by atoms with Crippen molar-refractivity contribution in [2.24, 2.45) is 0 Å². The molecule has 22 heavy (non-hydrogen) atoms. The minimum atomic E-state index is -4.79. The molecule has 0 radical (unpaired) electrons. The quantitative estimate of drug-likeness (QED) is 0.940. The molecule has 1 aromatic heterocycles. The van der Waals surface area contributed by atoms with Crippen LogP contribution in [-0.4, -0.2) is 46.8 Å². The Morgan fingerprint density at radius 1 is 1.45 bits per heavy atom. The van der Waals surface area contributed by atoms with Crippen molar-refractivity contribution in [2.75, 3.05) is 13.6 Å². The van der Waals surface area contributed by atoms with Crippen LogP contribution in [0.1, 0.15) is 10.4 Å². The van der Waals surface area contributed by atoms with Gasteiger partial charge in [-0.15, -0.1) is 0 Å². The van der Waals surface area contributed by atoms with E-state index < -0.39 is 24.7 Å². The highest BCUT2D eigenvalue weighted by atomic mass is 35.5. The maximum atomic E-state index is 12.4. The fraction of sp³-hybridized carbons (Fsp3) is 0.286. The first-order valence-corrected chi connectivity index (χ1v) is 6.62. The summed E-state index contributed by atoms with van der Waals surface area (Å²) in [5.41, 5.74) is 0.422. The first-order valence-electron chi connectivity index (χ1n) is 6.24. The van der Waals surface area contributed by atoms with Crippen LogP contribution in [0.25, 0.3) is 10.9 Å². The molecule has 1 unspecified atom stereocenters. The highest BCUT2D eigenvalue weighted by molar-refractivity contribution is 6.32. The van der Waals surface area contributed by atoms with Crippen molar-refractivity contribution in [2.45, 2.75) is 12.3 Å². The predicted octanol–water partition coefficient (Wildman–Crippen LogP) is 2.88. The molecule has 1 heterocycles. The van der Waals surface area contributed by atoms with E-state index in [9.17, 15) is 18.0 Å². The number of halogens is 4. The van der Waals surface area contributed by atoms with Crippen molar-refractivity contribution in [3.63, 3.8) is 0 Å². The SMILES string of the molecule is CN(CC(O)C(F)(F)F)C(=O)c1cc(Cl)cc2cccnc12. The third-order valence-corrected chi connectivity index (χ3v) is 3.29. The lowest BCUT2D eigenvalue weighted by Crippen LogP contribution is -2.41. The lowest BCUT2D eigenvalue weighted by atomic mass is 10.1. The number of pyridine rings is 1. The van der Waals surface area contributed by atoms with Gasteiger partial charge in [0.2, 0.25) is 0 Å². The van der Waals surface area contributed by atoms with Gasteiger partial charge in [0.15, 0.2) is 6.10 Å². The van der Waals surface area contributed by atoms with Crippen LogP contribution in [0, 0.1) is 0 Å². The standard InChI is InChI=1S/C14H12ClF3N2O2/c1-20(7-11(21)14(16,17)18)13(22)10-6-9(15)5-8-3-2-4-19-12(8)10/h2-6,11,21H,7H2,1H3. The Hall–Kier alpha value is -1.86. The summed E-state index contributed by atoms with van der Waals surface area (Å²) in [7, 11) is 1.17. The minimum absolute atomic E-state index is 0.0833. The second-order valence-electron chi connectivity index (χ2n) is 4.77. The van der Waals surface area contributed by atoms with Crippen LogP contribution in [0.5, 0.6) is 0 Å². The average molecular weight is 333 g/mol. The number of alkyl halides is 3. The molecule has 2 aromatic rings. The van der Waals surface area contributed by atoms with E-state index in [1.807, 2.05) is 0 Å². The van der Waals surface area contributed by atoms with Crippen LogP contribution in [0.15, 0.2) is 30.5 Å². The first kappa shape index (κ1) is 16.5. The number of carbonyl (C=O) groups is 1. The summed E-state index contributed by atoms with van der Waals surface area (Å²) in [5.74, 6) is -0.700. The zero-order chi connectivity index (χ0) is 16.5. The first-order chi connectivity index (χ1) is 10.2. The minimum Gasteiger partial charge on any atom is -0.382 e. The Morgan fingerprint density at radius 3 is 2.77 bits per heavy atom. The molecule has 0 fully saturated rings. The van der Waals surface area contributed by atoms with Crippen LogP contribution >= 0.6 is 11.6 Å². The van der Waals surface area contributed by atoms with Gasteiger partial charge < -0.3 is 10.0 Å². The summed E-state index contributed by atoms with van der Waals surface area (Å²) >= 11 is 5.92. The third-order valence-electron chi connectivity index (χ3n) is 3.07. The molecule has 0 aliphatic carbocycles. The van der Waals surface area contributed by atoms with Gasteiger partial charge in [-0.25, -0.2) is 0 Å². The highest BCUT2D eigenvalue weighted by Crippen LogP contribution is 2.24. The van der Waals surface area contributed by atoms with Crippen molar-refractivity contribution in [1.82, 2.24) is 9.88 Å². The van der Waals surface area contributed by atoms with Crippen LogP contribution in [0.3, 0.4) is 0 Å². The van der Waals surface area contributed by atoms with Gasteiger partial charge in [0.25, 0.3) is 5.91 Å². The van der Waals surface area contributed by atoms with Crippen molar-refractivity contribution >= 4 is 28.4 Å². The lowest BCUT2D eigenvalue weighted by Gasteiger charge is -2.23. The van der Waals surface area contributed by atoms with E-state index in [2.05, 4.69) is 4.98 Å². The van der Waals surface area contributed by atoms with E-state index >= 15 is 0 Å². The van der Waals surface area contributed by atoms with Gasteiger partial charge in [0, 0.05) is 23.7 Å². The number of rotatable bonds is 3. The van der Waals surface area contributed by atoms with E-state index in [1.54, 1.807) is 18.2 Å². The second kappa shape index (κ2) is 6.10. The number of hydrogen-bond acceptors (Lipinski definition) is 3. The smallest absolute Gasteiger partial charge is 0.382 e. The van der Waals surface area contributed by atoms with Gasteiger partial charge in [-0.05, 0) is 18.2 Å². The molecule has 1 amide bonds. The van der Waals surface area contributed by atoms with E-state index in [0.29, 0.717) is 10.9 Å². The molecular formula is C14H12ClF3N2O2. The van der Waals surface area contributed by atoms with Gasteiger partial charge in [-0.2, -0.15) is 13.2 Å². The summed E-state index contributed by atoms with van der Waals surface area (Å²) in [6, 6.07) is 6.29. The van der Waals surface area contributed by atoms with Gasteiger partial charge in [0.1, 0.15) is 0 Å².